The number of nitrogens with one attached hydrogen (secondary N) is 2. The highest BCUT2D eigenvalue weighted by atomic mass is 16.5. The molecule has 2 aliphatic heterocycles. The molecule has 1 aromatic carbocycles. The number of carbonyl (C=O) groups excluding carboxylic acids is 2. The van der Waals surface area contributed by atoms with Gasteiger partial charge in [-0.05, 0) is 38.1 Å². The van der Waals surface area contributed by atoms with Crippen molar-refractivity contribution in [1.29, 1.82) is 0 Å². The zero-order valence-corrected chi connectivity index (χ0v) is 16.6. The summed E-state index contributed by atoms with van der Waals surface area (Å²) < 4.78 is 4.78. The molecule has 0 saturated carbocycles. The smallest absolute Gasteiger partial charge is 0.325 e. The average molecular weight is 390 g/mol. The Balaban J connectivity index is 1.48. The van der Waals surface area contributed by atoms with Gasteiger partial charge in [0.25, 0.3) is 0 Å². The lowest BCUT2D eigenvalue weighted by Gasteiger charge is -2.41. The van der Waals surface area contributed by atoms with Crippen LogP contribution in [0, 0.1) is 0 Å². The summed E-state index contributed by atoms with van der Waals surface area (Å²) >= 11 is 0. The number of rotatable bonds is 6. The maximum atomic E-state index is 12.6. The Labute approximate surface area is 166 Å². The number of amides is 2. The number of para-hydroxylation sites is 1. The lowest BCUT2D eigenvalue weighted by atomic mass is 10.0. The normalized spacial score (nSPS) is 18.5. The van der Waals surface area contributed by atoms with Gasteiger partial charge in [-0.2, -0.15) is 0 Å². The molecule has 0 atom stereocenters. The molecule has 2 fully saturated rings. The van der Waals surface area contributed by atoms with Gasteiger partial charge in [0.15, 0.2) is 0 Å². The Bertz CT molecular complexity index is 628. The highest BCUT2D eigenvalue weighted by Crippen LogP contribution is 2.15. The van der Waals surface area contributed by atoms with Crippen molar-refractivity contribution < 1.29 is 14.3 Å². The Kier molecular flexibility index (Phi) is 7.50. The molecule has 0 aromatic heterocycles. The van der Waals surface area contributed by atoms with Gasteiger partial charge < -0.3 is 25.2 Å². The van der Waals surface area contributed by atoms with Gasteiger partial charge in [0.05, 0.1) is 13.8 Å². The van der Waals surface area contributed by atoms with Crippen molar-refractivity contribution in [3.8, 4) is 0 Å². The fourth-order valence-corrected chi connectivity index (χ4v) is 3.83. The summed E-state index contributed by atoms with van der Waals surface area (Å²) in [6.07, 6.45) is 2.37. The fraction of sp³-hybridized carbons (Fsp3) is 0.600. The molecule has 8 nitrogen and oxygen atoms in total. The number of anilines is 1. The van der Waals surface area contributed by atoms with E-state index in [1.807, 2.05) is 35.2 Å². The standard InChI is InChI=1S/C20H31N5O3/c1-28-19(26)15-25(17-5-3-2-4-6-17)16-22-20(27)24-13-11-23(12-14-24)18-7-9-21-10-8-18/h2-6,18,21H,7-16H2,1H3,(H,22,27). The summed E-state index contributed by atoms with van der Waals surface area (Å²) in [4.78, 5) is 30.5. The van der Waals surface area contributed by atoms with Crippen molar-refractivity contribution in [3.63, 3.8) is 0 Å². The van der Waals surface area contributed by atoms with Gasteiger partial charge in [-0.25, -0.2) is 4.79 Å². The number of hydrogen-bond acceptors (Lipinski definition) is 6. The summed E-state index contributed by atoms with van der Waals surface area (Å²) in [6.45, 7) is 5.82. The molecule has 2 aliphatic rings. The molecule has 2 saturated heterocycles. The number of carbonyl (C=O) groups is 2. The molecule has 0 unspecified atom stereocenters. The first-order chi connectivity index (χ1) is 13.7. The van der Waals surface area contributed by atoms with Gasteiger partial charge in [-0.15, -0.1) is 0 Å². The Morgan fingerprint density at radius 1 is 1.14 bits per heavy atom. The summed E-state index contributed by atoms with van der Waals surface area (Å²) in [5.41, 5.74) is 0.865. The van der Waals surface area contributed by atoms with Gasteiger partial charge in [-0.1, -0.05) is 18.2 Å². The van der Waals surface area contributed by atoms with Crippen LogP contribution in [0.5, 0.6) is 0 Å². The minimum atomic E-state index is -0.339. The van der Waals surface area contributed by atoms with Crippen LogP contribution in [0.2, 0.25) is 0 Å². The lowest BCUT2D eigenvalue weighted by Crippen LogP contribution is -2.56. The number of benzene rings is 1. The van der Waals surface area contributed by atoms with Crippen molar-refractivity contribution >= 4 is 17.7 Å². The molecule has 0 bridgehead atoms. The number of urea groups is 1. The summed E-state index contributed by atoms with van der Waals surface area (Å²) in [7, 11) is 1.37. The summed E-state index contributed by atoms with van der Waals surface area (Å²) in [5.74, 6) is -0.339. The van der Waals surface area contributed by atoms with E-state index >= 15 is 0 Å². The van der Waals surface area contributed by atoms with E-state index in [1.165, 1.54) is 20.0 Å². The third kappa shape index (κ3) is 5.59. The van der Waals surface area contributed by atoms with E-state index in [-0.39, 0.29) is 25.2 Å². The van der Waals surface area contributed by atoms with E-state index in [0.29, 0.717) is 6.04 Å². The van der Waals surface area contributed by atoms with Crippen LogP contribution in [0.1, 0.15) is 12.8 Å². The van der Waals surface area contributed by atoms with Gasteiger partial charge >= 0.3 is 12.0 Å². The molecule has 8 heteroatoms. The molecule has 28 heavy (non-hydrogen) atoms. The number of piperidine rings is 1. The third-order valence-electron chi connectivity index (χ3n) is 5.52. The highest BCUT2D eigenvalue weighted by molar-refractivity contribution is 5.77. The van der Waals surface area contributed by atoms with Gasteiger partial charge in [0, 0.05) is 37.9 Å². The maximum Gasteiger partial charge on any atom is 0.325 e. The number of methoxy groups -OCH3 is 1. The molecule has 2 heterocycles. The molecule has 1 aromatic rings. The van der Waals surface area contributed by atoms with Crippen molar-refractivity contribution in [2.24, 2.45) is 0 Å². The minimum absolute atomic E-state index is 0.0873. The second-order valence-corrected chi connectivity index (χ2v) is 7.25. The maximum absolute atomic E-state index is 12.6. The highest BCUT2D eigenvalue weighted by Gasteiger charge is 2.27. The van der Waals surface area contributed by atoms with E-state index in [0.717, 1.165) is 45.0 Å². The Morgan fingerprint density at radius 3 is 2.46 bits per heavy atom. The Morgan fingerprint density at radius 2 is 1.82 bits per heavy atom. The van der Waals surface area contributed by atoms with E-state index in [2.05, 4.69) is 15.5 Å². The van der Waals surface area contributed by atoms with Crippen molar-refractivity contribution in [3.05, 3.63) is 30.3 Å². The van der Waals surface area contributed by atoms with Crippen molar-refractivity contribution in [1.82, 2.24) is 20.4 Å². The molecule has 0 spiro atoms. The zero-order chi connectivity index (χ0) is 19.8. The van der Waals surface area contributed by atoms with Crippen LogP contribution >= 0.6 is 0 Å². The van der Waals surface area contributed by atoms with Crippen LogP contribution in [0.15, 0.2) is 30.3 Å². The van der Waals surface area contributed by atoms with Crippen LogP contribution in [0.3, 0.4) is 0 Å². The molecule has 0 radical (unpaired) electrons. The lowest BCUT2D eigenvalue weighted by molar-refractivity contribution is -0.138. The summed E-state index contributed by atoms with van der Waals surface area (Å²) in [5, 5.41) is 6.35. The van der Waals surface area contributed by atoms with Crippen molar-refractivity contribution in [2.45, 2.75) is 18.9 Å². The first-order valence-electron chi connectivity index (χ1n) is 10.0. The summed E-state index contributed by atoms with van der Waals surface area (Å²) in [6, 6.07) is 10.1. The van der Waals surface area contributed by atoms with Gasteiger partial charge in [-0.3, -0.25) is 9.69 Å². The molecule has 2 N–H and O–H groups in total. The SMILES string of the molecule is COC(=O)CN(CNC(=O)N1CCN(C2CCNCC2)CC1)c1ccccc1. The van der Waals surface area contributed by atoms with E-state index in [4.69, 9.17) is 4.74 Å². The monoisotopic (exact) mass is 389 g/mol. The van der Waals surface area contributed by atoms with Crippen LogP contribution in [0.25, 0.3) is 0 Å². The zero-order valence-electron chi connectivity index (χ0n) is 16.6. The topological polar surface area (TPSA) is 77.2 Å². The van der Waals surface area contributed by atoms with Crippen molar-refractivity contribution in [2.75, 3.05) is 64.5 Å². The van der Waals surface area contributed by atoms with Crippen LogP contribution in [-0.2, 0) is 9.53 Å². The first-order valence-corrected chi connectivity index (χ1v) is 10.0. The Hall–Kier alpha value is -2.32. The molecule has 2 amide bonds. The number of piperazine rings is 1. The van der Waals surface area contributed by atoms with E-state index in [1.54, 1.807) is 4.90 Å². The van der Waals surface area contributed by atoms with Gasteiger partial charge in [0.2, 0.25) is 0 Å². The predicted molar refractivity (Wildman–Crippen MR) is 108 cm³/mol. The predicted octanol–water partition coefficient (Wildman–Crippen LogP) is 0.703. The second-order valence-electron chi connectivity index (χ2n) is 7.25. The number of esters is 1. The largest absolute Gasteiger partial charge is 0.468 e. The first kappa shape index (κ1) is 20.4. The molecule has 0 aliphatic carbocycles. The minimum Gasteiger partial charge on any atom is -0.468 e. The van der Waals surface area contributed by atoms with E-state index < -0.39 is 0 Å². The third-order valence-corrected chi connectivity index (χ3v) is 5.52. The second kappa shape index (κ2) is 10.3. The number of nitrogens with zero attached hydrogens (tertiary/aromatic N) is 3. The average Bonchev–Trinajstić information content (AvgIpc) is 2.77. The fourth-order valence-electron chi connectivity index (χ4n) is 3.83. The van der Waals surface area contributed by atoms with Crippen LogP contribution < -0.4 is 15.5 Å². The van der Waals surface area contributed by atoms with Crippen LogP contribution in [-0.4, -0.2) is 87.4 Å². The molecule has 154 valence electrons. The molecular formula is C20H31N5O3. The number of ether oxygens (including phenoxy) is 1. The molecule has 3 rings (SSSR count). The van der Waals surface area contributed by atoms with E-state index in [9.17, 15) is 9.59 Å². The number of hydrogen-bond donors (Lipinski definition) is 2. The molecular weight excluding hydrogens is 358 g/mol. The quantitative estimate of drug-likeness (QED) is 0.551. The van der Waals surface area contributed by atoms with Gasteiger partial charge in [0.1, 0.15) is 6.54 Å². The van der Waals surface area contributed by atoms with Crippen LogP contribution in [0.4, 0.5) is 10.5 Å².